The number of carbonyl (C=O) groups excluding carboxylic acids is 1. The summed E-state index contributed by atoms with van der Waals surface area (Å²) in [5.41, 5.74) is -0.402. The lowest BCUT2D eigenvalue weighted by molar-refractivity contribution is -0.140. The Morgan fingerprint density at radius 2 is 2.05 bits per heavy atom. The number of nitrogens with one attached hydrogen (secondary N) is 2. The lowest BCUT2D eigenvalue weighted by Crippen LogP contribution is -2.36. The normalized spacial score (nSPS) is 10.8. The van der Waals surface area contributed by atoms with Gasteiger partial charge in [0.05, 0.1) is 13.5 Å². The molecule has 2 N–H and O–H groups in total. The molecular weight excluding hydrogens is 266 g/mol. The van der Waals surface area contributed by atoms with Crippen LogP contribution in [0.15, 0.2) is 9.59 Å². The van der Waals surface area contributed by atoms with Crippen molar-refractivity contribution in [2.24, 2.45) is 14.1 Å². The van der Waals surface area contributed by atoms with Gasteiger partial charge in [0.25, 0.3) is 5.56 Å². The highest BCUT2D eigenvalue weighted by molar-refractivity contribution is 5.73. The van der Waals surface area contributed by atoms with Crippen LogP contribution in [0.4, 0.5) is 5.95 Å². The summed E-state index contributed by atoms with van der Waals surface area (Å²) in [7, 11) is 4.24. The number of nitrogens with zero attached hydrogens (tertiary/aromatic N) is 3. The highest BCUT2D eigenvalue weighted by atomic mass is 16.5. The second-order valence-electron chi connectivity index (χ2n) is 4.24. The van der Waals surface area contributed by atoms with Crippen molar-refractivity contribution in [1.82, 2.24) is 19.1 Å². The van der Waals surface area contributed by atoms with Crippen LogP contribution in [0.25, 0.3) is 11.2 Å². The Morgan fingerprint density at radius 1 is 1.35 bits per heavy atom. The summed E-state index contributed by atoms with van der Waals surface area (Å²) in [6.45, 7) is 0.306. The van der Waals surface area contributed by atoms with E-state index in [-0.39, 0.29) is 23.6 Å². The third kappa shape index (κ3) is 2.29. The molecule has 9 nitrogen and oxygen atoms in total. The number of esters is 1. The lowest BCUT2D eigenvalue weighted by atomic mass is 10.4. The van der Waals surface area contributed by atoms with Crippen LogP contribution < -0.4 is 16.6 Å². The van der Waals surface area contributed by atoms with E-state index in [1.807, 2.05) is 0 Å². The first-order chi connectivity index (χ1) is 9.45. The number of aromatic nitrogens is 4. The van der Waals surface area contributed by atoms with Crippen LogP contribution in [0.3, 0.4) is 0 Å². The Bertz CT molecular complexity index is 769. The summed E-state index contributed by atoms with van der Waals surface area (Å²) in [6.07, 6.45) is 0.171. The number of imidazole rings is 1. The zero-order valence-corrected chi connectivity index (χ0v) is 11.4. The van der Waals surface area contributed by atoms with Gasteiger partial charge < -0.3 is 15.0 Å². The van der Waals surface area contributed by atoms with Gasteiger partial charge in [-0.25, -0.2) is 4.79 Å². The maximum Gasteiger partial charge on any atom is 0.332 e. The maximum atomic E-state index is 11.9. The van der Waals surface area contributed by atoms with Gasteiger partial charge in [0.15, 0.2) is 11.2 Å². The summed E-state index contributed by atoms with van der Waals surface area (Å²) in [4.78, 5) is 41.6. The summed E-state index contributed by atoms with van der Waals surface area (Å²) in [6, 6.07) is 0. The molecular formula is C11H15N5O4. The Labute approximate surface area is 113 Å². The first-order valence-corrected chi connectivity index (χ1v) is 5.92. The lowest BCUT2D eigenvalue weighted by Gasteiger charge is -2.00. The fourth-order valence-corrected chi connectivity index (χ4v) is 1.79. The Hall–Kier alpha value is -2.58. The van der Waals surface area contributed by atoms with Crippen LogP contribution in [0.2, 0.25) is 0 Å². The minimum absolute atomic E-state index is 0.171. The Morgan fingerprint density at radius 3 is 2.70 bits per heavy atom. The van der Waals surface area contributed by atoms with Gasteiger partial charge >= 0.3 is 11.7 Å². The molecule has 2 aromatic rings. The van der Waals surface area contributed by atoms with Crippen molar-refractivity contribution in [2.45, 2.75) is 6.42 Å². The fraction of sp³-hybridized carbons (Fsp3) is 0.455. The topological polar surface area (TPSA) is 111 Å². The maximum absolute atomic E-state index is 11.9. The molecule has 0 saturated carbocycles. The number of ether oxygens (including phenoxy) is 1. The number of rotatable bonds is 4. The largest absolute Gasteiger partial charge is 0.469 e. The molecule has 0 amide bonds. The Kier molecular flexibility index (Phi) is 3.59. The van der Waals surface area contributed by atoms with E-state index in [9.17, 15) is 14.4 Å². The van der Waals surface area contributed by atoms with Crippen molar-refractivity contribution in [3.8, 4) is 0 Å². The average Bonchev–Trinajstić information content (AvgIpc) is 2.87. The zero-order chi connectivity index (χ0) is 14.9. The molecule has 0 unspecified atom stereocenters. The highest BCUT2D eigenvalue weighted by Crippen LogP contribution is 2.08. The molecule has 0 atom stereocenters. The number of methoxy groups -OCH3 is 1. The van der Waals surface area contributed by atoms with Crippen LogP contribution in [0.5, 0.6) is 0 Å². The number of aromatic amines is 1. The van der Waals surface area contributed by atoms with Crippen molar-refractivity contribution >= 4 is 23.1 Å². The molecule has 0 spiro atoms. The fourth-order valence-electron chi connectivity index (χ4n) is 1.79. The van der Waals surface area contributed by atoms with Crippen LogP contribution in [-0.4, -0.2) is 38.7 Å². The molecule has 0 aliphatic heterocycles. The molecule has 0 aromatic carbocycles. The summed E-state index contributed by atoms with van der Waals surface area (Å²) >= 11 is 0. The molecule has 0 aliphatic carbocycles. The van der Waals surface area contributed by atoms with Crippen LogP contribution in [-0.2, 0) is 23.6 Å². The molecule has 20 heavy (non-hydrogen) atoms. The number of H-pyrrole nitrogens is 1. The number of hydrogen-bond donors (Lipinski definition) is 2. The molecule has 0 radical (unpaired) electrons. The minimum Gasteiger partial charge on any atom is -0.469 e. The van der Waals surface area contributed by atoms with Gasteiger partial charge in [0, 0.05) is 20.6 Å². The quantitative estimate of drug-likeness (QED) is 0.691. The average molecular weight is 281 g/mol. The first-order valence-electron chi connectivity index (χ1n) is 5.92. The molecule has 0 aliphatic rings. The van der Waals surface area contributed by atoms with Crippen molar-refractivity contribution in [2.75, 3.05) is 19.0 Å². The highest BCUT2D eigenvalue weighted by Gasteiger charge is 2.13. The number of fused-ring (bicyclic) bond motifs is 1. The second kappa shape index (κ2) is 5.19. The first kappa shape index (κ1) is 13.8. The van der Waals surface area contributed by atoms with E-state index in [2.05, 4.69) is 20.0 Å². The van der Waals surface area contributed by atoms with E-state index in [4.69, 9.17) is 0 Å². The molecule has 9 heteroatoms. The monoisotopic (exact) mass is 281 g/mol. The van der Waals surface area contributed by atoms with Crippen molar-refractivity contribution in [1.29, 1.82) is 0 Å². The summed E-state index contributed by atoms with van der Waals surface area (Å²) in [5.74, 6) is -0.0286. The van der Waals surface area contributed by atoms with Gasteiger partial charge in [-0.05, 0) is 0 Å². The van der Waals surface area contributed by atoms with Crippen LogP contribution in [0.1, 0.15) is 6.42 Å². The molecule has 2 heterocycles. The van der Waals surface area contributed by atoms with E-state index in [1.54, 1.807) is 0 Å². The van der Waals surface area contributed by atoms with E-state index < -0.39 is 11.2 Å². The predicted molar refractivity (Wildman–Crippen MR) is 71.7 cm³/mol. The molecule has 0 bridgehead atoms. The predicted octanol–water partition coefficient (Wildman–Crippen LogP) is -1.06. The van der Waals surface area contributed by atoms with E-state index in [1.165, 1.54) is 25.8 Å². The molecule has 0 saturated heterocycles. The smallest absolute Gasteiger partial charge is 0.332 e. The van der Waals surface area contributed by atoms with E-state index in [0.717, 1.165) is 4.57 Å². The number of carbonyl (C=O) groups is 1. The zero-order valence-electron chi connectivity index (χ0n) is 11.4. The summed E-state index contributed by atoms with van der Waals surface area (Å²) < 4.78 is 6.78. The molecule has 2 rings (SSSR count). The minimum atomic E-state index is -0.449. The van der Waals surface area contributed by atoms with Crippen molar-refractivity contribution in [3.05, 3.63) is 20.8 Å². The van der Waals surface area contributed by atoms with Gasteiger partial charge in [-0.1, -0.05) is 0 Å². The van der Waals surface area contributed by atoms with Gasteiger partial charge in [-0.15, -0.1) is 0 Å². The van der Waals surface area contributed by atoms with Gasteiger partial charge in [-0.2, -0.15) is 4.98 Å². The summed E-state index contributed by atoms with van der Waals surface area (Å²) in [5, 5.41) is 2.86. The standard InChI is InChI=1S/C11H15N5O4/c1-15-8-7(9(18)16(2)11(15)19)13-10(14-8)12-5-4-6(17)20-3/h4-5H2,1-3H3,(H2,12,13,14). The SMILES string of the molecule is COC(=O)CCNc1nc2c([nH]1)c(=O)n(C)c(=O)n2C. The number of anilines is 1. The van der Waals surface area contributed by atoms with Crippen molar-refractivity contribution in [3.63, 3.8) is 0 Å². The third-order valence-electron chi connectivity index (χ3n) is 2.94. The van der Waals surface area contributed by atoms with E-state index >= 15 is 0 Å². The van der Waals surface area contributed by atoms with Crippen molar-refractivity contribution < 1.29 is 9.53 Å². The molecule has 2 aromatic heterocycles. The van der Waals surface area contributed by atoms with E-state index in [0.29, 0.717) is 12.5 Å². The van der Waals surface area contributed by atoms with Crippen LogP contribution >= 0.6 is 0 Å². The van der Waals surface area contributed by atoms with Gasteiger partial charge in [0.2, 0.25) is 5.95 Å². The van der Waals surface area contributed by atoms with Gasteiger partial charge in [0.1, 0.15) is 0 Å². The van der Waals surface area contributed by atoms with Gasteiger partial charge in [-0.3, -0.25) is 18.7 Å². The van der Waals surface area contributed by atoms with Crippen LogP contribution in [0, 0.1) is 0 Å². The molecule has 0 fully saturated rings. The Balaban J connectivity index is 2.33. The third-order valence-corrected chi connectivity index (χ3v) is 2.94. The second-order valence-corrected chi connectivity index (χ2v) is 4.24. The molecule has 108 valence electrons. The number of hydrogen-bond acceptors (Lipinski definition) is 6. The number of aryl methyl sites for hydroxylation is 1.